The number of hydrogen-bond acceptors (Lipinski definition) is 7. The van der Waals surface area contributed by atoms with Crippen molar-refractivity contribution in [2.45, 2.75) is 39.2 Å². The fraction of sp³-hybridized carbons (Fsp3) is 0.212. The average molecular weight is 576 g/mol. The Hall–Kier alpha value is -4.76. The minimum Gasteiger partial charge on any atom is -0.494 e. The predicted molar refractivity (Wildman–Crippen MR) is 165 cm³/mol. The second-order valence-electron chi connectivity index (χ2n) is 10.4. The number of thiazole rings is 1. The normalized spacial score (nSPS) is 14.8. The van der Waals surface area contributed by atoms with Crippen molar-refractivity contribution in [2.24, 2.45) is 0 Å². The minimum absolute atomic E-state index is 0.156. The lowest BCUT2D eigenvalue weighted by Crippen LogP contribution is -2.23. The zero-order valence-electron chi connectivity index (χ0n) is 23.4. The van der Waals surface area contributed by atoms with Crippen LogP contribution in [0.4, 0.5) is 0 Å². The Bertz CT molecular complexity index is 1990. The first-order chi connectivity index (χ1) is 20.6. The molecule has 0 spiro atoms. The molecule has 7 rings (SSSR count). The van der Waals surface area contributed by atoms with E-state index in [9.17, 15) is 4.79 Å². The van der Waals surface area contributed by atoms with E-state index in [0.717, 1.165) is 64.4 Å². The van der Waals surface area contributed by atoms with Crippen LogP contribution in [0.2, 0.25) is 0 Å². The number of aromatic nitrogens is 5. The first kappa shape index (κ1) is 26.2. The molecule has 1 aliphatic rings. The van der Waals surface area contributed by atoms with Crippen LogP contribution in [0.5, 0.6) is 11.5 Å². The molecule has 0 amide bonds. The highest BCUT2D eigenvalue weighted by molar-refractivity contribution is 7.15. The summed E-state index contributed by atoms with van der Waals surface area (Å²) in [4.78, 5) is 18.7. The molecule has 210 valence electrons. The van der Waals surface area contributed by atoms with Crippen molar-refractivity contribution in [1.82, 2.24) is 24.4 Å². The van der Waals surface area contributed by atoms with Gasteiger partial charge in [0.05, 0.1) is 16.8 Å². The van der Waals surface area contributed by atoms with E-state index in [0.29, 0.717) is 21.9 Å². The van der Waals surface area contributed by atoms with Gasteiger partial charge in [-0.05, 0) is 79.6 Å². The molecule has 0 radical (unpaired) electrons. The van der Waals surface area contributed by atoms with Crippen LogP contribution in [-0.2, 0) is 6.42 Å². The van der Waals surface area contributed by atoms with E-state index in [1.165, 1.54) is 15.9 Å². The molecule has 6 aromatic rings. The number of para-hydroxylation sites is 1. The van der Waals surface area contributed by atoms with Gasteiger partial charge in [0.25, 0.3) is 5.56 Å². The van der Waals surface area contributed by atoms with Crippen LogP contribution in [-0.4, -0.2) is 37.1 Å². The van der Waals surface area contributed by atoms with Crippen molar-refractivity contribution in [3.8, 4) is 39.8 Å². The first-order valence-electron chi connectivity index (χ1n) is 14.2. The summed E-state index contributed by atoms with van der Waals surface area (Å²) in [5, 5.41) is 9.48. The maximum Gasteiger partial charge on any atom is 0.291 e. The van der Waals surface area contributed by atoms with Gasteiger partial charge in [-0.2, -0.15) is 14.6 Å². The molecule has 8 nitrogen and oxygen atoms in total. The van der Waals surface area contributed by atoms with Gasteiger partial charge in [0.15, 0.2) is 5.82 Å². The van der Waals surface area contributed by atoms with Crippen LogP contribution in [0.15, 0.2) is 83.8 Å². The lowest BCUT2D eigenvalue weighted by molar-refractivity contribution is 0.254. The second kappa shape index (κ2) is 10.9. The third-order valence-corrected chi connectivity index (χ3v) is 8.24. The molecule has 3 aromatic carbocycles. The molecule has 0 saturated heterocycles. The van der Waals surface area contributed by atoms with Gasteiger partial charge < -0.3 is 9.47 Å². The summed E-state index contributed by atoms with van der Waals surface area (Å²) < 4.78 is 15.4. The van der Waals surface area contributed by atoms with Crippen molar-refractivity contribution in [3.63, 3.8) is 0 Å². The molecule has 0 saturated carbocycles. The smallest absolute Gasteiger partial charge is 0.291 e. The summed E-state index contributed by atoms with van der Waals surface area (Å²) in [6.07, 6.45) is 6.97. The summed E-state index contributed by atoms with van der Waals surface area (Å²) in [6.45, 7) is 4.90. The first-order valence-corrected chi connectivity index (χ1v) is 15.0. The number of nitrogens with zero attached hydrogens (tertiary/aromatic N) is 5. The topological polar surface area (TPSA) is 83.5 Å². The molecule has 0 bridgehead atoms. The van der Waals surface area contributed by atoms with E-state index in [2.05, 4.69) is 30.0 Å². The van der Waals surface area contributed by atoms with E-state index in [1.54, 1.807) is 0 Å². The lowest BCUT2D eigenvalue weighted by atomic mass is 10.0. The van der Waals surface area contributed by atoms with E-state index in [-0.39, 0.29) is 11.7 Å². The highest BCUT2D eigenvalue weighted by Crippen LogP contribution is 2.34. The summed E-state index contributed by atoms with van der Waals surface area (Å²) in [6, 6.07) is 23.8. The lowest BCUT2D eigenvalue weighted by Gasteiger charge is -2.05. The standard InChI is InChI=1S/C33H29N5O3S/c1-3-4-16-40-27-13-10-22(11-14-27)31-34-33-38(36-31)32(39)29(42-33)19-25-20-37(26-8-6-5-7-9-26)35-30(25)23-12-15-28-24(18-23)17-21(2)41-28/h5-15,18-21H,3-4,16-17H2,1-2H3/b29-19-/t21-/m1/s1. The Morgan fingerprint density at radius 1 is 1.05 bits per heavy atom. The van der Waals surface area contributed by atoms with Gasteiger partial charge in [-0.1, -0.05) is 42.9 Å². The molecule has 0 N–H and O–H groups in total. The van der Waals surface area contributed by atoms with E-state index in [4.69, 9.17) is 14.6 Å². The second-order valence-corrected chi connectivity index (χ2v) is 11.4. The summed E-state index contributed by atoms with van der Waals surface area (Å²) in [5.41, 5.74) is 5.34. The van der Waals surface area contributed by atoms with E-state index >= 15 is 0 Å². The Morgan fingerprint density at radius 3 is 2.64 bits per heavy atom. The molecule has 0 aliphatic carbocycles. The van der Waals surface area contributed by atoms with Crippen molar-refractivity contribution in [1.29, 1.82) is 0 Å². The molecule has 42 heavy (non-hydrogen) atoms. The monoisotopic (exact) mass is 575 g/mol. The molecule has 3 aromatic heterocycles. The Kier molecular flexibility index (Phi) is 6.79. The van der Waals surface area contributed by atoms with Crippen LogP contribution in [0.3, 0.4) is 0 Å². The van der Waals surface area contributed by atoms with Crippen molar-refractivity contribution in [3.05, 3.63) is 105 Å². The molecule has 1 aliphatic heterocycles. The minimum atomic E-state index is -0.206. The zero-order chi connectivity index (χ0) is 28.6. The van der Waals surface area contributed by atoms with Crippen LogP contribution < -0.4 is 19.6 Å². The highest BCUT2D eigenvalue weighted by Gasteiger charge is 2.21. The van der Waals surface area contributed by atoms with Gasteiger partial charge in [0.2, 0.25) is 4.96 Å². The maximum absolute atomic E-state index is 13.5. The van der Waals surface area contributed by atoms with Gasteiger partial charge in [-0.3, -0.25) is 4.79 Å². The van der Waals surface area contributed by atoms with E-state index in [1.807, 2.05) is 83.7 Å². The van der Waals surface area contributed by atoms with Gasteiger partial charge in [-0.15, -0.1) is 5.10 Å². The van der Waals surface area contributed by atoms with Crippen LogP contribution in [0.1, 0.15) is 37.8 Å². The summed E-state index contributed by atoms with van der Waals surface area (Å²) >= 11 is 1.32. The van der Waals surface area contributed by atoms with Gasteiger partial charge in [-0.25, -0.2) is 4.68 Å². The molecule has 9 heteroatoms. The third-order valence-electron chi connectivity index (χ3n) is 7.28. The third kappa shape index (κ3) is 4.96. The Balaban J connectivity index is 1.26. The highest BCUT2D eigenvalue weighted by atomic mass is 32.1. The van der Waals surface area contributed by atoms with Gasteiger partial charge in [0, 0.05) is 29.3 Å². The molecule has 4 heterocycles. The Morgan fingerprint density at radius 2 is 1.86 bits per heavy atom. The van der Waals surface area contributed by atoms with E-state index < -0.39 is 0 Å². The quantitative estimate of drug-likeness (QED) is 0.216. The number of rotatable bonds is 8. The Labute approximate surface area is 246 Å². The van der Waals surface area contributed by atoms with Gasteiger partial charge >= 0.3 is 0 Å². The molecule has 1 atom stereocenters. The largest absolute Gasteiger partial charge is 0.494 e. The van der Waals surface area contributed by atoms with Crippen molar-refractivity contribution < 1.29 is 9.47 Å². The number of unbranched alkanes of at least 4 members (excludes halogenated alkanes) is 1. The van der Waals surface area contributed by atoms with Crippen LogP contribution in [0.25, 0.3) is 39.4 Å². The summed E-state index contributed by atoms with van der Waals surface area (Å²) in [5.74, 6) is 2.24. The number of hydrogen-bond donors (Lipinski definition) is 0. The number of benzene rings is 3. The molecular weight excluding hydrogens is 546 g/mol. The fourth-order valence-electron chi connectivity index (χ4n) is 5.13. The average Bonchev–Trinajstić information content (AvgIpc) is 3.77. The van der Waals surface area contributed by atoms with Crippen LogP contribution in [0, 0.1) is 0 Å². The molecular formula is C33H29N5O3S. The number of ether oxygens (including phenoxy) is 2. The summed E-state index contributed by atoms with van der Waals surface area (Å²) in [7, 11) is 0. The maximum atomic E-state index is 13.5. The SMILES string of the molecule is CCCCOc1ccc(-c2nc3s/c(=C\c4cn(-c5ccccc5)nc4-c4ccc5c(c4)C[C@@H](C)O5)c(=O)n3n2)cc1. The fourth-order valence-corrected chi connectivity index (χ4v) is 6.03. The molecule has 0 unspecified atom stereocenters. The predicted octanol–water partition coefficient (Wildman–Crippen LogP) is 5.72. The number of fused-ring (bicyclic) bond motifs is 2. The molecule has 0 fully saturated rings. The van der Waals surface area contributed by atoms with Gasteiger partial charge in [0.1, 0.15) is 23.3 Å². The van der Waals surface area contributed by atoms with Crippen LogP contribution >= 0.6 is 11.3 Å². The zero-order valence-corrected chi connectivity index (χ0v) is 24.2. The van der Waals surface area contributed by atoms with Crippen molar-refractivity contribution >= 4 is 22.4 Å². The van der Waals surface area contributed by atoms with Crippen molar-refractivity contribution in [2.75, 3.05) is 6.61 Å².